The van der Waals surface area contributed by atoms with Crippen LogP contribution in [0, 0.1) is 0 Å². The van der Waals surface area contributed by atoms with E-state index in [0.717, 1.165) is 6.42 Å². The Bertz CT molecular complexity index is 273. The van der Waals surface area contributed by atoms with Crippen LogP contribution in [0.15, 0.2) is 29.2 Å². The van der Waals surface area contributed by atoms with Gasteiger partial charge in [-0.25, -0.2) is 0 Å². The second kappa shape index (κ2) is 6.88. The molecule has 0 fully saturated rings. The number of benzene rings is 1. The van der Waals surface area contributed by atoms with Crippen molar-refractivity contribution in [2.75, 3.05) is 12.9 Å². The Morgan fingerprint density at radius 3 is 2.53 bits per heavy atom. The SMILES string of the molecule is CCONC(C)Cc1ccc(SC)cc1. The van der Waals surface area contributed by atoms with Gasteiger partial charge in [-0.1, -0.05) is 12.1 Å². The molecule has 3 heteroatoms. The molecule has 15 heavy (non-hydrogen) atoms. The molecule has 0 bridgehead atoms. The summed E-state index contributed by atoms with van der Waals surface area (Å²) in [5.41, 5.74) is 4.34. The highest BCUT2D eigenvalue weighted by Gasteiger charge is 2.02. The topological polar surface area (TPSA) is 21.3 Å². The van der Waals surface area contributed by atoms with Crippen molar-refractivity contribution in [3.8, 4) is 0 Å². The summed E-state index contributed by atoms with van der Waals surface area (Å²) in [5, 5.41) is 0. The minimum absolute atomic E-state index is 0.352. The van der Waals surface area contributed by atoms with Crippen LogP contribution in [-0.2, 0) is 11.3 Å². The summed E-state index contributed by atoms with van der Waals surface area (Å²) in [5.74, 6) is 0. The molecular formula is C12H19NOS. The molecule has 0 saturated heterocycles. The number of nitrogens with one attached hydrogen (secondary N) is 1. The first-order chi connectivity index (χ1) is 7.26. The lowest BCUT2D eigenvalue weighted by atomic mass is 10.1. The fourth-order valence-corrected chi connectivity index (χ4v) is 1.79. The summed E-state index contributed by atoms with van der Waals surface area (Å²) in [6.45, 7) is 4.81. The van der Waals surface area contributed by atoms with Crippen LogP contribution in [-0.4, -0.2) is 18.9 Å². The maximum absolute atomic E-state index is 5.16. The average Bonchev–Trinajstić information content (AvgIpc) is 2.27. The molecule has 0 aliphatic heterocycles. The number of thioether (sulfide) groups is 1. The quantitative estimate of drug-likeness (QED) is 0.594. The predicted molar refractivity (Wildman–Crippen MR) is 66.2 cm³/mol. The highest BCUT2D eigenvalue weighted by atomic mass is 32.2. The molecule has 84 valence electrons. The Morgan fingerprint density at radius 1 is 1.33 bits per heavy atom. The van der Waals surface area contributed by atoms with E-state index in [1.165, 1.54) is 10.5 Å². The molecule has 0 spiro atoms. The van der Waals surface area contributed by atoms with E-state index in [2.05, 4.69) is 42.9 Å². The van der Waals surface area contributed by atoms with E-state index in [9.17, 15) is 0 Å². The first-order valence-electron chi connectivity index (χ1n) is 5.26. The second-order valence-electron chi connectivity index (χ2n) is 3.50. The molecule has 2 nitrogen and oxygen atoms in total. The third-order valence-corrected chi connectivity index (χ3v) is 2.87. The molecular weight excluding hydrogens is 206 g/mol. The van der Waals surface area contributed by atoms with Crippen molar-refractivity contribution < 1.29 is 4.84 Å². The molecule has 0 heterocycles. The highest BCUT2D eigenvalue weighted by Crippen LogP contribution is 2.15. The first kappa shape index (κ1) is 12.6. The fraction of sp³-hybridized carbons (Fsp3) is 0.500. The number of rotatable bonds is 6. The molecule has 1 rings (SSSR count). The van der Waals surface area contributed by atoms with E-state index in [-0.39, 0.29) is 0 Å². The van der Waals surface area contributed by atoms with Gasteiger partial charge in [-0.15, -0.1) is 11.8 Å². The average molecular weight is 225 g/mol. The van der Waals surface area contributed by atoms with Crippen molar-refractivity contribution in [3.63, 3.8) is 0 Å². The van der Waals surface area contributed by atoms with Gasteiger partial charge in [-0.05, 0) is 44.2 Å². The summed E-state index contributed by atoms with van der Waals surface area (Å²) in [7, 11) is 0. The van der Waals surface area contributed by atoms with Gasteiger partial charge in [0.2, 0.25) is 0 Å². The predicted octanol–water partition coefficient (Wildman–Crippen LogP) is 2.88. The largest absolute Gasteiger partial charge is 0.302 e. The third kappa shape index (κ3) is 4.69. The summed E-state index contributed by atoms with van der Waals surface area (Å²) in [6.07, 6.45) is 3.09. The summed E-state index contributed by atoms with van der Waals surface area (Å²) >= 11 is 1.77. The van der Waals surface area contributed by atoms with E-state index in [0.29, 0.717) is 12.6 Å². The van der Waals surface area contributed by atoms with Crippen LogP contribution >= 0.6 is 11.8 Å². The van der Waals surface area contributed by atoms with Crippen molar-refractivity contribution in [1.82, 2.24) is 5.48 Å². The monoisotopic (exact) mass is 225 g/mol. The lowest BCUT2D eigenvalue weighted by molar-refractivity contribution is 0.0290. The van der Waals surface area contributed by atoms with Gasteiger partial charge in [0, 0.05) is 10.9 Å². The fourth-order valence-electron chi connectivity index (χ4n) is 1.38. The molecule has 1 N–H and O–H groups in total. The van der Waals surface area contributed by atoms with Gasteiger partial charge in [-0.2, -0.15) is 5.48 Å². The van der Waals surface area contributed by atoms with E-state index in [1.54, 1.807) is 11.8 Å². The van der Waals surface area contributed by atoms with E-state index < -0.39 is 0 Å². The van der Waals surface area contributed by atoms with Crippen LogP contribution < -0.4 is 5.48 Å². The third-order valence-electron chi connectivity index (χ3n) is 2.13. The molecule has 1 atom stereocenters. The number of hydrogen-bond donors (Lipinski definition) is 1. The molecule has 0 aliphatic carbocycles. The van der Waals surface area contributed by atoms with Gasteiger partial charge >= 0.3 is 0 Å². The first-order valence-corrected chi connectivity index (χ1v) is 6.49. The maximum Gasteiger partial charge on any atom is 0.0654 e. The van der Waals surface area contributed by atoms with Crippen molar-refractivity contribution >= 4 is 11.8 Å². The minimum atomic E-state index is 0.352. The van der Waals surface area contributed by atoms with Crippen LogP contribution in [0.1, 0.15) is 19.4 Å². The van der Waals surface area contributed by atoms with Crippen LogP contribution in [0.2, 0.25) is 0 Å². The van der Waals surface area contributed by atoms with Crippen LogP contribution in [0.3, 0.4) is 0 Å². The van der Waals surface area contributed by atoms with Gasteiger partial charge in [0.15, 0.2) is 0 Å². The number of hydroxylamine groups is 1. The maximum atomic E-state index is 5.16. The van der Waals surface area contributed by atoms with E-state index in [4.69, 9.17) is 4.84 Å². The zero-order valence-corrected chi connectivity index (χ0v) is 10.4. The van der Waals surface area contributed by atoms with Crippen molar-refractivity contribution in [1.29, 1.82) is 0 Å². The zero-order valence-electron chi connectivity index (χ0n) is 9.62. The Morgan fingerprint density at radius 2 is 2.00 bits per heavy atom. The highest BCUT2D eigenvalue weighted by molar-refractivity contribution is 7.98. The standard InChI is InChI=1S/C12H19NOS/c1-4-14-13-10(2)9-11-5-7-12(15-3)8-6-11/h5-8,10,13H,4,9H2,1-3H3. The molecule has 1 aromatic rings. The summed E-state index contributed by atoms with van der Waals surface area (Å²) in [6, 6.07) is 9.03. The van der Waals surface area contributed by atoms with Gasteiger partial charge < -0.3 is 4.84 Å². The lowest BCUT2D eigenvalue weighted by Crippen LogP contribution is -2.28. The van der Waals surface area contributed by atoms with Crippen LogP contribution in [0.4, 0.5) is 0 Å². The van der Waals surface area contributed by atoms with Gasteiger partial charge in [0.1, 0.15) is 0 Å². The van der Waals surface area contributed by atoms with Gasteiger partial charge in [-0.3, -0.25) is 0 Å². The summed E-state index contributed by atoms with van der Waals surface area (Å²) < 4.78 is 0. The van der Waals surface area contributed by atoms with Crippen LogP contribution in [0.5, 0.6) is 0 Å². The molecule has 0 aromatic heterocycles. The molecule has 1 aromatic carbocycles. The molecule has 0 aliphatic rings. The molecule has 1 unspecified atom stereocenters. The Kier molecular flexibility index (Phi) is 5.76. The lowest BCUT2D eigenvalue weighted by Gasteiger charge is -2.12. The van der Waals surface area contributed by atoms with Crippen molar-refractivity contribution in [2.24, 2.45) is 0 Å². The Hall–Kier alpha value is -0.510. The zero-order chi connectivity index (χ0) is 11.1. The molecule has 0 radical (unpaired) electrons. The molecule has 0 amide bonds. The molecule has 0 saturated carbocycles. The second-order valence-corrected chi connectivity index (χ2v) is 4.38. The minimum Gasteiger partial charge on any atom is -0.302 e. The van der Waals surface area contributed by atoms with E-state index >= 15 is 0 Å². The normalized spacial score (nSPS) is 12.7. The van der Waals surface area contributed by atoms with Crippen molar-refractivity contribution in [3.05, 3.63) is 29.8 Å². The van der Waals surface area contributed by atoms with Crippen LogP contribution in [0.25, 0.3) is 0 Å². The van der Waals surface area contributed by atoms with Crippen molar-refractivity contribution in [2.45, 2.75) is 31.2 Å². The smallest absolute Gasteiger partial charge is 0.0654 e. The Balaban J connectivity index is 2.42. The summed E-state index contributed by atoms with van der Waals surface area (Å²) in [4.78, 5) is 6.47. The van der Waals surface area contributed by atoms with Gasteiger partial charge in [0.05, 0.1) is 6.61 Å². The van der Waals surface area contributed by atoms with Gasteiger partial charge in [0.25, 0.3) is 0 Å². The Labute approximate surface area is 96.4 Å². The number of hydrogen-bond acceptors (Lipinski definition) is 3. The van der Waals surface area contributed by atoms with E-state index in [1.807, 2.05) is 6.92 Å².